The molecule has 0 bridgehead atoms. The minimum Gasteiger partial charge on any atom is -0.351 e. The first-order valence-electron chi connectivity index (χ1n) is 7.98. The number of urea groups is 1. The number of aromatic nitrogens is 2. The Morgan fingerprint density at radius 2 is 1.88 bits per heavy atom. The number of pyridine rings is 1. The Bertz CT molecular complexity index is 737. The van der Waals surface area contributed by atoms with Gasteiger partial charge in [-0.05, 0) is 45.4 Å². The van der Waals surface area contributed by atoms with E-state index in [9.17, 15) is 9.59 Å². The summed E-state index contributed by atoms with van der Waals surface area (Å²) in [4.78, 5) is 33.0. The van der Waals surface area contributed by atoms with Crippen LogP contribution in [-0.4, -0.2) is 34.0 Å². The quantitative estimate of drug-likeness (QED) is 0.763. The predicted molar refractivity (Wildman–Crippen MR) is 99.6 cm³/mol. The van der Waals surface area contributed by atoms with Gasteiger partial charge in [0, 0.05) is 30.9 Å². The average Bonchev–Trinajstić information content (AvgIpc) is 2.86. The van der Waals surface area contributed by atoms with Crippen LogP contribution in [0.15, 0.2) is 24.5 Å². The van der Waals surface area contributed by atoms with Gasteiger partial charge in [-0.2, -0.15) is 0 Å². The molecule has 0 radical (unpaired) electrons. The molecule has 2 rings (SSSR count). The number of hydrogen-bond donors (Lipinski definition) is 3. The van der Waals surface area contributed by atoms with Crippen LogP contribution in [0.4, 0.5) is 9.93 Å². The summed E-state index contributed by atoms with van der Waals surface area (Å²) in [6, 6.07) is 3.43. The Hall–Kier alpha value is -2.48. The second-order valence-corrected chi connectivity index (χ2v) is 7.60. The van der Waals surface area contributed by atoms with E-state index in [2.05, 4.69) is 25.9 Å². The van der Waals surface area contributed by atoms with Crippen molar-refractivity contribution in [2.45, 2.75) is 39.7 Å². The van der Waals surface area contributed by atoms with Crippen LogP contribution in [0.2, 0.25) is 0 Å². The van der Waals surface area contributed by atoms with Crippen molar-refractivity contribution in [3.05, 3.63) is 30.2 Å². The number of carbonyl (C=O) groups is 2. The molecule has 7 nitrogen and oxygen atoms in total. The third-order valence-electron chi connectivity index (χ3n) is 3.11. The fourth-order valence-corrected chi connectivity index (χ4v) is 3.10. The fourth-order valence-electron chi connectivity index (χ4n) is 2.13. The fraction of sp³-hybridized carbons (Fsp3) is 0.412. The molecule has 0 unspecified atom stereocenters. The molecule has 0 fully saturated rings. The summed E-state index contributed by atoms with van der Waals surface area (Å²) in [5, 5.41) is 8.73. The number of anilines is 1. The summed E-state index contributed by atoms with van der Waals surface area (Å²) in [6.07, 6.45) is 3.66. The van der Waals surface area contributed by atoms with E-state index >= 15 is 0 Å². The van der Waals surface area contributed by atoms with E-state index in [0.29, 0.717) is 5.13 Å². The van der Waals surface area contributed by atoms with Gasteiger partial charge in [-0.15, -0.1) is 0 Å². The van der Waals surface area contributed by atoms with E-state index in [0.717, 1.165) is 16.1 Å². The molecule has 134 valence electrons. The highest BCUT2D eigenvalue weighted by atomic mass is 32.1. The molecular formula is C17H23N5O2S. The van der Waals surface area contributed by atoms with Crippen LogP contribution in [0.3, 0.4) is 0 Å². The lowest BCUT2D eigenvalue weighted by atomic mass is 10.1. The lowest BCUT2D eigenvalue weighted by Gasteiger charge is -2.20. The van der Waals surface area contributed by atoms with Crippen LogP contribution in [0.1, 0.15) is 32.9 Å². The number of hydrogen-bond acceptors (Lipinski definition) is 5. The lowest BCUT2D eigenvalue weighted by Crippen LogP contribution is -2.42. The summed E-state index contributed by atoms with van der Waals surface area (Å²) in [6.45, 7) is 7.89. The standard InChI is InChI=1S/C17H23N5O2S/c1-11-14(12-5-8-18-9-6-12)25-16(20-11)21-15(24)19-10-7-13(23)22-17(2,3)4/h5-6,8-9H,7,10H2,1-4H3,(H,22,23)(H2,19,20,21,24). The number of nitrogens with one attached hydrogen (secondary N) is 3. The van der Waals surface area contributed by atoms with E-state index in [1.165, 1.54) is 11.3 Å². The Morgan fingerprint density at radius 3 is 2.52 bits per heavy atom. The van der Waals surface area contributed by atoms with Crippen LogP contribution in [-0.2, 0) is 4.79 Å². The Morgan fingerprint density at radius 1 is 1.20 bits per heavy atom. The van der Waals surface area contributed by atoms with Crippen molar-refractivity contribution in [1.82, 2.24) is 20.6 Å². The van der Waals surface area contributed by atoms with Gasteiger partial charge < -0.3 is 10.6 Å². The molecule has 0 saturated heterocycles. The van der Waals surface area contributed by atoms with Gasteiger partial charge in [0.1, 0.15) is 0 Å². The molecule has 2 aromatic rings. The maximum atomic E-state index is 11.9. The van der Waals surface area contributed by atoms with Gasteiger partial charge in [0.25, 0.3) is 0 Å². The number of thiazole rings is 1. The molecule has 3 N–H and O–H groups in total. The van der Waals surface area contributed by atoms with Gasteiger partial charge in [0.2, 0.25) is 5.91 Å². The number of nitrogens with zero attached hydrogens (tertiary/aromatic N) is 2. The largest absolute Gasteiger partial charge is 0.351 e. The summed E-state index contributed by atoms with van der Waals surface area (Å²) < 4.78 is 0. The second kappa shape index (κ2) is 8.06. The topological polar surface area (TPSA) is 96.0 Å². The first kappa shape index (κ1) is 18.9. The van der Waals surface area contributed by atoms with Crippen molar-refractivity contribution in [3.63, 3.8) is 0 Å². The van der Waals surface area contributed by atoms with Gasteiger partial charge in [-0.3, -0.25) is 15.1 Å². The molecule has 0 aromatic carbocycles. The van der Waals surface area contributed by atoms with Crippen molar-refractivity contribution in [3.8, 4) is 10.4 Å². The Kier molecular flexibility index (Phi) is 6.08. The Balaban J connectivity index is 1.84. The number of aryl methyl sites for hydroxylation is 1. The number of amides is 3. The van der Waals surface area contributed by atoms with Crippen molar-refractivity contribution >= 4 is 28.4 Å². The van der Waals surface area contributed by atoms with E-state index in [-0.39, 0.29) is 30.4 Å². The normalized spacial score (nSPS) is 11.0. The molecule has 0 aliphatic rings. The monoisotopic (exact) mass is 361 g/mol. The molecule has 25 heavy (non-hydrogen) atoms. The van der Waals surface area contributed by atoms with Crippen molar-refractivity contribution in [2.75, 3.05) is 11.9 Å². The number of rotatable bonds is 5. The van der Waals surface area contributed by atoms with Gasteiger partial charge in [-0.25, -0.2) is 9.78 Å². The van der Waals surface area contributed by atoms with Crippen molar-refractivity contribution in [2.24, 2.45) is 0 Å². The molecule has 2 heterocycles. The molecule has 0 spiro atoms. The smallest absolute Gasteiger partial charge is 0.321 e. The van der Waals surface area contributed by atoms with Crippen LogP contribution in [0.25, 0.3) is 10.4 Å². The first-order valence-corrected chi connectivity index (χ1v) is 8.80. The van der Waals surface area contributed by atoms with E-state index < -0.39 is 0 Å². The van der Waals surface area contributed by atoms with Crippen molar-refractivity contribution in [1.29, 1.82) is 0 Å². The van der Waals surface area contributed by atoms with Crippen LogP contribution in [0.5, 0.6) is 0 Å². The highest BCUT2D eigenvalue weighted by Gasteiger charge is 2.14. The SMILES string of the molecule is Cc1nc(NC(=O)NCCC(=O)NC(C)(C)C)sc1-c1ccncc1. The maximum absolute atomic E-state index is 11.9. The lowest BCUT2D eigenvalue weighted by molar-refractivity contribution is -0.122. The van der Waals surface area contributed by atoms with E-state index in [1.54, 1.807) is 12.4 Å². The maximum Gasteiger partial charge on any atom is 0.321 e. The third-order valence-corrected chi connectivity index (χ3v) is 4.23. The second-order valence-electron chi connectivity index (χ2n) is 6.60. The molecule has 0 aliphatic heterocycles. The van der Waals surface area contributed by atoms with Crippen molar-refractivity contribution < 1.29 is 9.59 Å². The average molecular weight is 361 g/mol. The van der Waals surface area contributed by atoms with Crippen LogP contribution >= 0.6 is 11.3 Å². The molecular weight excluding hydrogens is 338 g/mol. The predicted octanol–water partition coefficient (Wildman–Crippen LogP) is 2.94. The van der Waals surface area contributed by atoms with E-state index in [1.807, 2.05) is 39.8 Å². The zero-order valence-corrected chi connectivity index (χ0v) is 15.7. The number of carbonyl (C=O) groups excluding carboxylic acids is 2. The zero-order chi connectivity index (χ0) is 18.4. The van der Waals surface area contributed by atoms with Crippen LogP contribution in [0, 0.1) is 6.92 Å². The molecule has 3 amide bonds. The van der Waals surface area contributed by atoms with E-state index in [4.69, 9.17) is 0 Å². The summed E-state index contributed by atoms with van der Waals surface area (Å²) in [7, 11) is 0. The van der Waals surface area contributed by atoms with Crippen LogP contribution < -0.4 is 16.0 Å². The van der Waals surface area contributed by atoms with Gasteiger partial charge >= 0.3 is 6.03 Å². The molecule has 0 atom stereocenters. The first-order chi connectivity index (χ1) is 11.7. The van der Waals surface area contributed by atoms with Gasteiger partial charge in [-0.1, -0.05) is 11.3 Å². The van der Waals surface area contributed by atoms with Gasteiger partial charge in [0.05, 0.1) is 10.6 Å². The zero-order valence-electron chi connectivity index (χ0n) is 14.8. The minimum absolute atomic E-state index is 0.0992. The Labute approximate surface area is 151 Å². The summed E-state index contributed by atoms with van der Waals surface area (Å²) in [5.41, 5.74) is 1.58. The molecule has 0 aliphatic carbocycles. The highest BCUT2D eigenvalue weighted by molar-refractivity contribution is 7.19. The summed E-state index contributed by atoms with van der Waals surface area (Å²) in [5.74, 6) is -0.0992. The molecule has 2 aromatic heterocycles. The van der Waals surface area contributed by atoms with Gasteiger partial charge in [0.15, 0.2) is 5.13 Å². The molecule has 8 heteroatoms. The highest BCUT2D eigenvalue weighted by Crippen LogP contribution is 2.32. The third kappa shape index (κ3) is 6.15. The minimum atomic E-state index is -0.376. The molecule has 0 saturated carbocycles. The summed E-state index contributed by atoms with van der Waals surface area (Å²) >= 11 is 1.40.